The highest BCUT2D eigenvalue weighted by molar-refractivity contribution is 5.19. The molecule has 0 bridgehead atoms. The van der Waals surface area contributed by atoms with Gasteiger partial charge >= 0.3 is 0 Å². The highest BCUT2D eigenvalue weighted by atomic mass is 19.1. The largest absolute Gasteiger partial charge is 0.314 e. The molecule has 1 rings (SSSR count). The van der Waals surface area contributed by atoms with Crippen LogP contribution in [0.3, 0.4) is 0 Å². The Bertz CT molecular complexity index is 393. The van der Waals surface area contributed by atoms with Crippen molar-refractivity contribution in [3.8, 4) is 0 Å². The number of rotatable bonds is 11. The van der Waals surface area contributed by atoms with Crippen LogP contribution in [-0.4, -0.2) is 12.6 Å². The van der Waals surface area contributed by atoms with E-state index in [9.17, 15) is 8.78 Å². The van der Waals surface area contributed by atoms with Crippen molar-refractivity contribution in [3.63, 3.8) is 0 Å². The number of likely N-dealkylation sites (N-methyl/N-ethyl adjacent to an activating group) is 1. The third kappa shape index (κ3) is 7.56. The zero-order chi connectivity index (χ0) is 15.5. The number of hydrogen-bond acceptors (Lipinski definition) is 1. The van der Waals surface area contributed by atoms with Crippen LogP contribution in [0.15, 0.2) is 18.2 Å². The van der Waals surface area contributed by atoms with Crippen LogP contribution >= 0.6 is 0 Å². The molecule has 0 aromatic heterocycles. The first-order chi connectivity index (χ1) is 10.2. The summed E-state index contributed by atoms with van der Waals surface area (Å²) in [5.41, 5.74) is 0.479. The van der Waals surface area contributed by atoms with E-state index in [1.165, 1.54) is 50.3 Å². The second-order valence-electron chi connectivity index (χ2n) is 5.75. The first kappa shape index (κ1) is 18.1. The van der Waals surface area contributed by atoms with Gasteiger partial charge in [-0.25, -0.2) is 8.78 Å². The summed E-state index contributed by atoms with van der Waals surface area (Å²) in [6.45, 7) is 5.13. The Hall–Kier alpha value is -0.960. The van der Waals surface area contributed by atoms with Crippen molar-refractivity contribution in [2.75, 3.05) is 6.54 Å². The van der Waals surface area contributed by atoms with Crippen molar-refractivity contribution in [2.24, 2.45) is 0 Å². The lowest BCUT2D eigenvalue weighted by Crippen LogP contribution is -2.31. The third-order valence-electron chi connectivity index (χ3n) is 3.87. The average molecular weight is 297 g/mol. The maximum Gasteiger partial charge on any atom is 0.126 e. The molecule has 0 aliphatic carbocycles. The Morgan fingerprint density at radius 2 is 1.71 bits per heavy atom. The monoisotopic (exact) mass is 297 g/mol. The topological polar surface area (TPSA) is 12.0 Å². The molecule has 0 heterocycles. The molecule has 1 nitrogen and oxygen atoms in total. The van der Waals surface area contributed by atoms with Gasteiger partial charge in [0.25, 0.3) is 0 Å². The molecule has 0 aliphatic rings. The van der Waals surface area contributed by atoms with Crippen molar-refractivity contribution < 1.29 is 8.78 Å². The van der Waals surface area contributed by atoms with Crippen LogP contribution in [0.1, 0.15) is 64.4 Å². The van der Waals surface area contributed by atoms with Gasteiger partial charge in [0.1, 0.15) is 11.6 Å². The molecule has 0 saturated heterocycles. The summed E-state index contributed by atoms with van der Waals surface area (Å²) in [6, 6.07) is 3.95. The van der Waals surface area contributed by atoms with Crippen LogP contribution < -0.4 is 5.32 Å². The average Bonchev–Trinajstić information content (AvgIpc) is 2.46. The normalized spacial score (nSPS) is 12.6. The van der Waals surface area contributed by atoms with Crippen molar-refractivity contribution in [1.29, 1.82) is 0 Å². The molecular weight excluding hydrogens is 268 g/mol. The van der Waals surface area contributed by atoms with Gasteiger partial charge in [0.2, 0.25) is 0 Å². The summed E-state index contributed by atoms with van der Waals surface area (Å²) in [6.07, 6.45) is 9.13. The summed E-state index contributed by atoms with van der Waals surface area (Å²) >= 11 is 0. The Kier molecular flexibility index (Phi) is 9.24. The fraction of sp³-hybridized carbons (Fsp3) is 0.667. The van der Waals surface area contributed by atoms with Gasteiger partial charge in [-0.15, -0.1) is 0 Å². The van der Waals surface area contributed by atoms with Crippen molar-refractivity contribution in [2.45, 2.75) is 71.3 Å². The molecule has 1 aromatic carbocycles. The molecule has 3 heteroatoms. The van der Waals surface area contributed by atoms with Gasteiger partial charge in [-0.2, -0.15) is 0 Å². The van der Waals surface area contributed by atoms with E-state index >= 15 is 0 Å². The number of benzene rings is 1. The van der Waals surface area contributed by atoms with Crippen molar-refractivity contribution >= 4 is 0 Å². The van der Waals surface area contributed by atoms with Crippen LogP contribution in [0.2, 0.25) is 0 Å². The lowest BCUT2D eigenvalue weighted by atomic mass is 9.99. The molecule has 0 saturated carbocycles. The summed E-state index contributed by atoms with van der Waals surface area (Å²) in [5.74, 6) is -0.663. The fourth-order valence-corrected chi connectivity index (χ4v) is 2.70. The van der Waals surface area contributed by atoms with Gasteiger partial charge in [-0.1, -0.05) is 52.4 Å². The van der Waals surface area contributed by atoms with Gasteiger partial charge in [0.05, 0.1) is 0 Å². The maximum absolute atomic E-state index is 13.7. The van der Waals surface area contributed by atoms with Crippen LogP contribution in [-0.2, 0) is 6.42 Å². The first-order valence-electron chi connectivity index (χ1n) is 8.34. The first-order valence-corrected chi connectivity index (χ1v) is 8.34. The predicted octanol–water partition coefficient (Wildman–Crippen LogP) is 5.24. The van der Waals surface area contributed by atoms with Crippen molar-refractivity contribution in [3.05, 3.63) is 35.4 Å². The molecule has 1 N–H and O–H groups in total. The van der Waals surface area contributed by atoms with Crippen molar-refractivity contribution in [1.82, 2.24) is 5.32 Å². The van der Waals surface area contributed by atoms with Gasteiger partial charge in [-0.05, 0) is 43.1 Å². The molecule has 0 aliphatic heterocycles. The van der Waals surface area contributed by atoms with E-state index in [2.05, 4.69) is 19.2 Å². The number of hydrogen-bond donors (Lipinski definition) is 1. The number of halogens is 2. The lowest BCUT2D eigenvalue weighted by Gasteiger charge is -2.18. The fourth-order valence-electron chi connectivity index (χ4n) is 2.70. The van der Waals surface area contributed by atoms with Gasteiger partial charge in [0, 0.05) is 6.04 Å². The Morgan fingerprint density at radius 3 is 2.43 bits per heavy atom. The molecule has 120 valence electrons. The number of nitrogens with one attached hydrogen (secondary N) is 1. The third-order valence-corrected chi connectivity index (χ3v) is 3.87. The zero-order valence-corrected chi connectivity index (χ0v) is 13.4. The summed E-state index contributed by atoms with van der Waals surface area (Å²) in [7, 11) is 0. The van der Waals surface area contributed by atoms with E-state index in [4.69, 9.17) is 0 Å². The maximum atomic E-state index is 13.7. The molecule has 1 atom stereocenters. The summed E-state index contributed by atoms with van der Waals surface area (Å²) in [4.78, 5) is 0. The Morgan fingerprint density at radius 1 is 1.00 bits per heavy atom. The Labute approximate surface area is 128 Å². The highest BCUT2D eigenvalue weighted by Gasteiger charge is 2.12. The lowest BCUT2D eigenvalue weighted by molar-refractivity contribution is 0.451. The SMILES string of the molecule is CCCCCCCCC(Cc1cc(F)ccc1F)NCC. The quantitative estimate of drug-likeness (QED) is 0.551. The second kappa shape index (κ2) is 10.7. The molecule has 0 amide bonds. The van der Waals surface area contributed by atoms with Crippen LogP contribution in [0.5, 0.6) is 0 Å². The standard InChI is InChI=1S/C18H29F2N/c1-3-5-6-7-8-9-10-17(21-4-2)14-15-13-16(19)11-12-18(15)20/h11-13,17,21H,3-10,14H2,1-2H3. The molecular formula is C18H29F2N. The van der Waals surface area contributed by atoms with E-state index < -0.39 is 0 Å². The molecule has 0 radical (unpaired) electrons. The predicted molar refractivity (Wildman–Crippen MR) is 85.5 cm³/mol. The zero-order valence-electron chi connectivity index (χ0n) is 13.4. The minimum absolute atomic E-state index is 0.234. The van der Waals surface area contributed by atoms with E-state index in [0.29, 0.717) is 12.0 Å². The van der Waals surface area contributed by atoms with E-state index in [-0.39, 0.29) is 17.7 Å². The van der Waals surface area contributed by atoms with Gasteiger partial charge in [-0.3, -0.25) is 0 Å². The molecule has 0 spiro atoms. The minimum Gasteiger partial charge on any atom is -0.314 e. The second-order valence-corrected chi connectivity index (χ2v) is 5.75. The van der Waals surface area contributed by atoms with Crippen LogP contribution in [0.4, 0.5) is 8.78 Å². The molecule has 1 aromatic rings. The summed E-state index contributed by atoms with van der Waals surface area (Å²) in [5, 5.41) is 3.39. The molecule has 21 heavy (non-hydrogen) atoms. The smallest absolute Gasteiger partial charge is 0.126 e. The van der Waals surface area contributed by atoms with Gasteiger partial charge < -0.3 is 5.32 Å². The van der Waals surface area contributed by atoms with E-state index in [1.807, 2.05) is 0 Å². The minimum atomic E-state index is -0.360. The number of unbranched alkanes of at least 4 members (excludes halogenated alkanes) is 5. The molecule has 1 unspecified atom stereocenters. The summed E-state index contributed by atoms with van der Waals surface area (Å²) < 4.78 is 26.9. The van der Waals surface area contributed by atoms with Gasteiger partial charge in [0.15, 0.2) is 0 Å². The van der Waals surface area contributed by atoms with Crippen LogP contribution in [0.25, 0.3) is 0 Å². The highest BCUT2D eigenvalue weighted by Crippen LogP contribution is 2.15. The van der Waals surface area contributed by atoms with E-state index in [1.54, 1.807) is 0 Å². The van der Waals surface area contributed by atoms with E-state index in [0.717, 1.165) is 19.4 Å². The Balaban J connectivity index is 2.40. The van der Waals surface area contributed by atoms with Crippen LogP contribution in [0, 0.1) is 11.6 Å². The molecule has 0 fully saturated rings.